The molecule has 0 fully saturated rings. The molecule has 0 aliphatic heterocycles. The van der Waals surface area contributed by atoms with E-state index in [-0.39, 0.29) is 11.4 Å². The van der Waals surface area contributed by atoms with Crippen LogP contribution in [-0.4, -0.2) is 18.0 Å². The second kappa shape index (κ2) is 4.66. The molecule has 3 N–H and O–H groups in total. The molecule has 1 heterocycles. The molecule has 1 aromatic heterocycles. The summed E-state index contributed by atoms with van der Waals surface area (Å²) in [7, 11) is 0. The number of rotatable bonds is 3. The average molecular weight is 266 g/mol. The van der Waals surface area contributed by atoms with Gasteiger partial charge in [0.05, 0.1) is 10.4 Å². The Hall–Kier alpha value is -1.08. The molecule has 7 heteroatoms. The SMILES string of the molecule is CC(C)(N)CNC(=O)c1cc(C(F)(F)F)cs1. The molecular weight excluding hydrogens is 253 g/mol. The third-order valence-corrected chi connectivity index (χ3v) is 2.78. The fraction of sp³-hybridized carbons (Fsp3) is 0.500. The largest absolute Gasteiger partial charge is 0.417 e. The molecule has 0 saturated carbocycles. The zero-order valence-corrected chi connectivity index (χ0v) is 10.2. The molecule has 3 nitrogen and oxygen atoms in total. The molecule has 96 valence electrons. The normalized spacial score (nSPS) is 12.6. The number of hydrogen-bond acceptors (Lipinski definition) is 3. The minimum Gasteiger partial charge on any atom is -0.350 e. The molecule has 0 bridgehead atoms. The van der Waals surface area contributed by atoms with Crippen LogP contribution < -0.4 is 11.1 Å². The highest BCUT2D eigenvalue weighted by molar-refractivity contribution is 7.12. The second-order valence-corrected chi connectivity index (χ2v) is 5.28. The van der Waals surface area contributed by atoms with E-state index >= 15 is 0 Å². The summed E-state index contributed by atoms with van der Waals surface area (Å²) < 4.78 is 36.9. The lowest BCUT2D eigenvalue weighted by Gasteiger charge is -2.18. The Morgan fingerprint density at radius 3 is 2.47 bits per heavy atom. The molecular formula is C10H13F3N2OS. The molecule has 0 atom stereocenters. The van der Waals surface area contributed by atoms with Crippen LogP contribution in [-0.2, 0) is 6.18 Å². The maximum atomic E-state index is 12.3. The Labute approximate surface area is 101 Å². The number of halogens is 3. The standard InChI is InChI=1S/C10H13F3N2OS/c1-9(2,14)5-15-8(16)7-3-6(4-17-7)10(11,12)13/h3-4H,5,14H2,1-2H3,(H,15,16). The third-order valence-electron chi connectivity index (χ3n) is 1.86. The van der Waals surface area contributed by atoms with E-state index in [9.17, 15) is 18.0 Å². The first-order valence-electron chi connectivity index (χ1n) is 4.82. The van der Waals surface area contributed by atoms with Gasteiger partial charge in [-0.3, -0.25) is 4.79 Å². The molecule has 17 heavy (non-hydrogen) atoms. The summed E-state index contributed by atoms with van der Waals surface area (Å²) >= 11 is 0.762. The van der Waals surface area contributed by atoms with Gasteiger partial charge in [0, 0.05) is 17.5 Å². The zero-order valence-electron chi connectivity index (χ0n) is 9.39. The summed E-state index contributed by atoms with van der Waals surface area (Å²) in [4.78, 5) is 11.5. The second-order valence-electron chi connectivity index (χ2n) is 4.37. The van der Waals surface area contributed by atoms with E-state index in [1.807, 2.05) is 0 Å². The van der Waals surface area contributed by atoms with Crippen molar-refractivity contribution in [2.75, 3.05) is 6.54 Å². The van der Waals surface area contributed by atoms with Crippen molar-refractivity contribution in [3.63, 3.8) is 0 Å². The molecule has 0 spiro atoms. The molecule has 0 radical (unpaired) electrons. The van der Waals surface area contributed by atoms with Crippen LogP contribution in [0.2, 0.25) is 0 Å². The van der Waals surface area contributed by atoms with E-state index in [1.54, 1.807) is 13.8 Å². The minimum absolute atomic E-state index is 0.0292. The van der Waals surface area contributed by atoms with Gasteiger partial charge in [0.15, 0.2) is 0 Å². The first kappa shape index (κ1) is 14.0. The smallest absolute Gasteiger partial charge is 0.350 e. The monoisotopic (exact) mass is 266 g/mol. The third kappa shape index (κ3) is 4.35. The van der Waals surface area contributed by atoms with Crippen LogP contribution in [0.15, 0.2) is 11.4 Å². The maximum Gasteiger partial charge on any atom is 0.417 e. The van der Waals surface area contributed by atoms with Crippen molar-refractivity contribution >= 4 is 17.2 Å². The van der Waals surface area contributed by atoms with E-state index in [4.69, 9.17) is 5.73 Å². The molecule has 0 saturated heterocycles. The van der Waals surface area contributed by atoms with Gasteiger partial charge in [0.1, 0.15) is 0 Å². The molecule has 0 aliphatic carbocycles. The summed E-state index contributed by atoms with van der Waals surface area (Å²) in [5.41, 5.74) is 4.24. The maximum absolute atomic E-state index is 12.3. The number of amides is 1. The van der Waals surface area contributed by atoms with Crippen LogP contribution in [0.5, 0.6) is 0 Å². The van der Waals surface area contributed by atoms with Gasteiger partial charge in [-0.15, -0.1) is 11.3 Å². The van der Waals surface area contributed by atoms with Gasteiger partial charge in [-0.05, 0) is 19.9 Å². The predicted octanol–water partition coefficient (Wildman–Crippen LogP) is 2.23. The summed E-state index contributed by atoms with van der Waals surface area (Å²) in [5.74, 6) is -0.538. The Balaban J connectivity index is 2.68. The number of nitrogens with one attached hydrogen (secondary N) is 1. The Bertz CT molecular complexity index is 406. The lowest BCUT2D eigenvalue weighted by atomic mass is 10.1. The van der Waals surface area contributed by atoms with Crippen molar-refractivity contribution in [2.24, 2.45) is 5.73 Å². The van der Waals surface area contributed by atoms with E-state index in [0.717, 1.165) is 22.8 Å². The van der Waals surface area contributed by atoms with Crippen molar-refractivity contribution in [3.8, 4) is 0 Å². The van der Waals surface area contributed by atoms with Crippen molar-refractivity contribution < 1.29 is 18.0 Å². The average Bonchev–Trinajstić information content (AvgIpc) is 2.60. The molecule has 0 unspecified atom stereocenters. The van der Waals surface area contributed by atoms with Crippen molar-refractivity contribution in [3.05, 3.63) is 21.9 Å². The van der Waals surface area contributed by atoms with Crippen molar-refractivity contribution in [1.29, 1.82) is 0 Å². The van der Waals surface area contributed by atoms with Gasteiger partial charge in [0.2, 0.25) is 0 Å². The van der Waals surface area contributed by atoms with Crippen LogP contribution in [0.4, 0.5) is 13.2 Å². The minimum atomic E-state index is -4.41. The van der Waals surface area contributed by atoms with Gasteiger partial charge in [-0.25, -0.2) is 0 Å². The Morgan fingerprint density at radius 1 is 1.47 bits per heavy atom. The molecule has 1 rings (SSSR count). The van der Waals surface area contributed by atoms with Gasteiger partial charge >= 0.3 is 6.18 Å². The van der Waals surface area contributed by atoms with Crippen LogP contribution >= 0.6 is 11.3 Å². The zero-order chi connectivity index (χ0) is 13.3. The summed E-state index contributed by atoms with van der Waals surface area (Å²) in [6, 6.07) is 0.837. The van der Waals surface area contributed by atoms with Crippen LogP contribution in [0.3, 0.4) is 0 Å². The summed E-state index contributed by atoms with van der Waals surface area (Å²) in [6.07, 6.45) is -4.41. The lowest BCUT2D eigenvalue weighted by Crippen LogP contribution is -2.44. The van der Waals surface area contributed by atoms with Crippen LogP contribution in [0, 0.1) is 0 Å². The van der Waals surface area contributed by atoms with E-state index in [2.05, 4.69) is 5.32 Å². The molecule has 0 aliphatic rings. The van der Waals surface area contributed by atoms with Gasteiger partial charge in [0.25, 0.3) is 5.91 Å². The van der Waals surface area contributed by atoms with Gasteiger partial charge in [-0.1, -0.05) is 0 Å². The first-order chi connectivity index (χ1) is 7.59. The number of thiophene rings is 1. The fourth-order valence-corrected chi connectivity index (χ4v) is 1.83. The van der Waals surface area contributed by atoms with Gasteiger partial charge < -0.3 is 11.1 Å². The predicted molar refractivity (Wildman–Crippen MR) is 59.9 cm³/mol. The van der Waals surface area contributed by atoms with Crippen LogP contribution in [0.25, 0.3) is 0 Å². The van der Waals surface area contributed by atoms with Gasteiger partial charge in [-0.2, -0.15) is 13.2 Å². The number of hydrogen-bond donors (Lipinski definition) is 2. The van der Waals surface area contributed by atoms with E-state index < -0.39 is 23.2 Å². The number of carbonyl (C=O) groups excluding carboxylic acids is 1. The molecule has 1 amide bonds. The highest BCUT2D eigenvalue weighted by Gasteiger charge is 2.32. The number of alkyl halides is 3. The molecule has 1 aromatic rings. The number of carbonyl (C=O) groups is 1. The van der Waals surface area contributed by atoms with Crippen molar-refractivity contribution in [2.45, 2.75) is 25.6 Å². The van der Waals surface area contributed by atoms with Crippen LogP contribution in [0.1, 0.15) is 29.1 Å². The summed E-state index contributed by atoms with van der Waals surface area (Å²) in [6.45, 7) is 3.62. The fourth-order valence-electron chi connectivity index (χ4n) is 0.999. The first-order valence-corrected chi connectivity index (χ1v) is 5.70. The van der Waals surface area contributed by atoms with E-state index in [1.165, 1.54) is 0 Å². The molecule has 0 aromatic carbocycles. The number of nitrogens with two attached hydrogens (primary N) is 1. The highest BCUT2D eigenvalue weighted by Crippen LogP contribution is 2.32. The van der Waals surface area contributed by atoms with Crippen molar-refractivity contribution in [1.82, 2.24) is 5.32 Å². The Morgan fingerprint density at radius 2 is 2.06 bits per heavy atom. The summed E-state index contributed by atoms with van der Waals surface area (Å²) in [5, 5.41) is 3.40. The Kier molecular flexibility index (Phi) is 3.83. The van der Waals surface area contributed by atoms with E-state index in [0.29, 0.717) is 0 Å². The highest BCUT2D eigenvalue weighted by atomic mass is 32.1. The quantitative estimate of drug-likeness (QED) is 0.881. The topological polar surface area (TPSA) is 55.1 Å². The lowest BCUT2D eigenvalue weighted by molar-refractivity contribution is -0.137.